The van der Waals surface area contributed by atoms with Crippen molar-refractivity contribution in [2.75, 3.05) is 26.3 Å². The third kappa shape index (κ3) is 5.75. The Morgan fingerprint density at radius 3 is 2.65 bits per heavy atom. The molecule has 0 aliphatic carbocycles. The SMILES string of the molecule is C=CCCCCOC(=O)[C@@H]1[C@@H]2CCC3(S2)C(C(=O)N(CC=C)CCCCC)N([C@H](CO)c2ccccc2)C(=O)[C@H]13. The van der Waals surface area contributed by atoms with Crippen LogP contribution in [0.5, 0.6) is 0 Å². The zero-order valence-corrected chi connectivity index (χ0v) is 24.5. The highest BCUT2D eigenvalue weighted by Gasteiger charge is 2.74. The predicted octanol–water partition coefficient (Wildman–Crippen LogP) is 4.92. The van der Waals surface area contributed by atoms with Crippen LogP contribution in [-0.2, 0) is 19.1 Å². The first-order valence-electron chi connectivity index (χ1n) is 14.8. The summed E-state index contributed by atoms with van der Waals surface area (Å²) < 4.78 is 4.99. The Balaban J connectivity index is 1.70. The van der Waals surface area contributed by atoms with E-state index in [0.717, 1.165) is 50.5 Å². The van der Waals surface area contributed by atoms with Gasteiger partial charge in [0.1, 0.15) is 6.04 Å². The summed E-state index contributed by atoms with van der Waals surface area (Å²) in [6.07, 6.45) is 10.4. The molecule has 3 aliphatic heterocycles. The molecule has 8 heteroatoms. The van der Waals surface area contributed by atoms with Crippen molar-refractivity contribution in [2.24, 2.45) is 11.8 Å². The Morgan fingerprint density at radius 1 is 1.20 bits per heavy atom. The van der Waals surface area contributed by atoms with Crippen LogP contribution in [0.2, 0.25) is 0 Å². The largest absolute Gasteiger partial charge is 0.465 e. The fourth-order valence-electron chi connectivity index (χ4n) is 6.84. The van der Waals surface area contributed by atoms with Crippen LogP contribution in [-0.4, -0.2) is 75.0 Å². The zero-order valence-electron chi connectivity index (χ0n) is 23.7. The van der Waals surface area contributed by atoms with E-state index < -0.39 is 28.7 Å². The number of amides is 2. The number of aliphatic hydroxyl groups is 1. The maximum atomic E-state index is 14.5. The molecular weight excluding hydrogens is 524 g/mol. The molecule has 1 aromatic rings. The van der Waals surface area contributed by atoms with E-state index in [4.69, 9.17) is 4.74 Å². The lowest BCUT2D eigenvalue weighted by molar-refractivity contribution is -0.154. The summed E-state index contributed by atoms with van der Waals surface area (Å²) in [4.78, 5) is 45.8. The number of ether oxygens (including phenoxy) is 1. The number of thioether (sulfide) groups is 1. The second-order valence-electron chi connectivity index (χ2n) is 11.1. The number of hydrogen-bond acceptors (Lipinski definition) is 6. The number of likely N-dealkylation sites (tertiary alicyclic amines) is 1. The van der Waals surface area contributed by atoms with Gasteiger partial charge in [-0.2, -0.15) is 0 Å². The normalized spacial score (nSPS) is 27.4. The molecule has 2 unspecified atom stereocenters. The smallest absolute Gasteiger partial charge is 0.310 e. The van der Waals surface area contributed by atoms with Gasteiger partial charge < -0.3 is 19.6 Å². The van der Waals surface area contributed by atoms with E-state index in [0.29, 0.717) is 26.1 Å². The molecule has 6 atom stereocenters. The number of carbonyl (C=O) groups excluding carboxylic acids is 3. The number of carbonyl (C=O) groups is 3. The van der Waals surface area contributed by atoms with Gasteiger partial charge in [-0.25, -0.2) is 0 Å². The summed E-state index contributed by atoms with van der Waals surface area (Å²) in [6, 6.07) is 7.93. The quantitative estimate of drug-likeness (QED) is 0.173. The van der Waals surface area contributed by atoms with E-state index in [1.54, 1.807) is 22.7 Å². The van der Waals surface area contributed by atoms with Crippen molar-refractivity contribution in [3.63, 3.8) is 0 Å². The summed E-state index contributed by atoms with van der Waals surface area (Å²) in [5, 5.41) is 10.6. The van der Waals surface area contributed by atoms with Crippen LogP contribution in [0.4, 0.5) is 0 Å². The van der Waals surface area contributed by atoms with E-state index in [-0.39, 0.29) is 29.6 Å². The van der Waals surface area contributed by atoms with E-state index in [1.807, 2.05) is 41.3 Å². The number of aliphatic hydroxyl groups excluding tert-OH is 1. The number of nitrogens with zero attached hydrogens (tertiary/aromatic N) is 2. The minimum Gasteiger partial charge on any atom is -0.465 e. The number of allylic oxidation sites excluding steroid dienone is 1. The van der Waals surface area contributed by atoms with E-state index in [2.05, 4.69) is 20.1 Å². The van der Waals surface area contributed by atoms with Crippen molar-refractivity contribution in [1.82, 2.24) is 9.80 Å². The van der Waals surface area contributed by atoms with Crippen molar-refractivity contribution in [2.45, 2.75) is 80.4 Å². The third-order valence-electron chi connectivity index (χ3n) is 8.68. The molecule has 0 aromatic heterocycles. The first-order valence-corrected chi connectivity index (χ1v) is 15.7. The average Bonchev–Trinajstić information content (AvgIpc) is 3.61. The van der Waals surface area contributed by atoms with Gasteiger partial charge in [0.25, 0.3) is 0 Å². The highest BCUT2D eigenvalue weighted by Crippen LogP contribution is 2.67. The minimum absolute atomic E-state index is 0.0516. The molecular formula is C32H44N2O5S. The Bertz CT molecular complexity index is 1060. The summed E-state index contributed by atoms with van der Waals surface area (Å²) in [7, 11) is 0. The number of fused-ring (bicyclic) bond motifs is 1. The van der Waals surface area contributed by atoms with Crippen LogP contribution in [0.15, 0.2) is 55.6 Å². The van der Waals surface area contributed by atoms with E-state index in [9.17, 15) is 19.5 Å². The molecule has 3 fully saturated rings. The van der Waals surface area contributed by atoms with Crippen molar-refractivity contribution >= 4 is 29.5 Å². The van der Waals surface area contributed by atoms with Crippen LogP contribution in [0.25, 0.3) is 0 Å². The molecule has 0 radical (unpaired) electrons. The van der Waals surface area contributed by atoms with Gasteiger partial charge in [0.2, 0.25) is 11.8 Å². The number of rotatable bonds is 16. The number of hydrogen-bond donors (Lipinski definition) is 1. The maximum absolute atomic E-state index is 14.5. The topological polar surface area (TPSA) is 87.2 Å². The molecule has 40 heavy (non-hydrogen) atoms. The number of unbranched alkanes of at least 4 members (excludes halogenated alkanes) is 4. The molecule has 1 aromatic carbocycles. The van der Waals surface area contributed by atoms with Crippen LogP contribution in [0.1, 0.15) is 69.9 Å². The van der Waals surface area contributed by atoms with Crippen LogP contribution >= 0.6 is 11.8 Å². The van der Waals surface area contributed by atoms with Gasteiger partial charge in [-0.3, -0.25) is 14.4 Å². The highest BCUT2D eigenvalue weighted by molar-refractivity contribution is 8.02. The molecule has 3 heterocycles. The van der Waals surface area contributed by atoms with E-state index in [1.165, 1.54) is 0 Å². The number of benzene rings is 1. The van der Waals surface area contributed by atoms with Crippen LogP contribution in [0, 0.1) is 11.8 Å². The highest BCUT2D eigenvalue weighted by atomic mass is 32.2. The van der Waals surface area contributed by atoms with Crippen molar-refractivity contribution in [3.05, 3.63) is 61.2 Å². The molecule has 0 saturated carbocycles. The molecule has 2 bridgehead atoms. The van der Waals surface area contributed by atoms with Crippen molar-refractivity contribution in [3.8, 4) is 0 Å². The molecule has 2 amide bonds. The predicted molar refractivity (Wildman–Crippen MR) is 159 cm³/mol. The lowest BCUT2D eigenvalue weighted by Crippen LogP contribution is -2.55. The van der Waals surface area contributed by atoms with Gasteiger partial charge in [-0.05, 0) is 44.1 Å². The fraction of sp³-hybridized carbons (Fsp3) is 0.594. The summed E-state index contributed by atoms with van der Waals surface area (Å²) in [5.74, 6) is -1.92. The van der Waals surface area contributed by atoms with Gasteiger partial charge in [0, 0.05) is 18.3 Å². The Kier molecular flexibility index (Phi) is 10.5. The molecule has 4 rings (SSSR count). The summed E-state index contributed by atoms with van der Waals surface area (Å²) in [6.45, 7) is 10.7. The minimum atomic E-state index is -0.774. The van der Waals surface area contributed by atoms with Crippen molar-refractivity contribution < 1.29 is 24.2 Å². The molecule has 1 N–H and O–H groups in total. The maximum Gasteiger partial charge on any atom is 0.310 e. The van der Waals surface area contributed by atoms with Gasteiger partial charge in [0.15, 0.2) is 0 Å². The molecule has 3 aliphatic rings. The second kappa shape index (κ2) is 13.9. The van der Waals surface area contributed by atoms with Crippen LogP contribution in [0.3, 0.4) is 0 Å². The van der Waals surface area contributed by atoms with Gasteiger partial charge in [0.05, 0.1) is 35.8 Å². The summed E-state index contributed by atoms with van der Waals surface area (Å²) >= 11 is 1.63. The lowest BCUT2D eigenvalue weighted by Gasteiger charge is -2.39. The molecule has 1 spiro atoms. The summed E-state index contributed by atoms with van der Waals surface area (Å²) in [5.41, 5.74) is 0.773. The van der Waals surface area contributed by atoms with Gasteiger partial charge >= 0.3 is 5.97 Å². The van der Waals surface area contributed by atoms with Crippen molar-refractivity contribution in [1.29, 1.82) is 0 Å². The monoisotopic (exact) mass is 568 g/mol. The molecule has 218 valence electrons. The Hall–Kier alpha value is -2.58. The van der Waals surface area contributed by atoms with Gasteiger partial charge in [-0.15, -0.1) is 24.9 Å². The fourth-order valence-corrected chi connectivity index (χ4v) is 9.02. The zero-order chi connectivity index (χ0) is 28.7. The first-order chi connectivity index (χ1) is 19.4. The molecule has 3 saturated heterocycles. The van der Waals surface area contributed by atoms with E-state index >= 15 is 0 Å². The standard InChI is InChI=1S/C32H44N2O5S/c1-4-7-9-14-21-39-31(38)26-25-17-18-32(40-25)27(26)29(36)34(24(22-35)23-15-11-10-12-16-23)28(32)30(37)33(19-6-3)20-13-8-5-2/h4,6,10-12,15-16,24-28,35H,1,3,5,7-9,13-14,17-22H2,2H3/t24-,25+,26-,27+,28?,32?/m1/s1. The average molecular weight is 569 g/mol. The third-order valence-corrected chi connectivity index (χ3v) is 10.6. The van der Waals surface area contributed by atoms with Crippen LogP contribution < -0.4 is 0 Å². The Morgan fingerprint density at radius 2 is 1.98 bits per heavy atom. The lowest BCUT2D eigenvalue weighted by atomic mass is 9.71. The first kappa shape index (κ1) is 30.4. The van der Waals surface area contributed by atoms with Gasteiger partial charge in [-0.1, -0.05) is 62.2 Å². The number of esters is 1. The molecule has 7 nitrogen and oxygen atoms in total. The second-order valence-corrected chi connectivity index (χ2v) is 12.7. The Labute approximate surface area is 243 Å².